The number of anilines is 3. The van der Waals surface area contributed by atoms with Gasteiger partial charge in [0.2, 0.25) is 0 Å². The van der Waals surface area contributed by atoms with Gasteiger partial charge in [-0.05, 0) is 31.4 Å². The first-order valence-electron chi connectivity index (χ1n) is 8.86. The van der Waals surface area contributed by atoms with E-state index in [1.807, 2.05) is 18.3 Å². The van der Waals surface area contributed by atoms with Crippen LogP contribution in [0, 0.1) is 11.3 Å². The molecule has 1 aliphatic rings. The first-order valence-corrected chi connectivity index (χ1v) is 8.86. The van der Waals surface area contributed by atoms with Gasteiger partial charge in [-0.3, -0.25) is 0 Å². The highest BCUT2D eigenvalue weighted by atomic mass is 15.3. The first-order chi connectivity index (χ1) is 12.8. The van der Waals surface area contributed by atoms with Gasteiger partial charge in [0.1, 0.15) is 18.0 Å². The first kappa shape index (κ1) is 16.3. The van der Waals surface area contributed by atoms with Crippen molar-refractivity contribution in [1.29, 1.82) is 5.26 Å². The Bertz CT molecular complexity index is 919. The van der Waals surface area contributed by atoms with E-state index >= 15 is 0 Å². The zero-order valence-electron chi connectivity index (χ0n) is 14.5. The standard InChI is InChI=1S/C18H20N8/c19-7-4-10-26-18-15(12-23-26)17(21-13-22-18)24-14-5-6-16(20-11-14)25-8-2-1-3-9-25/h5-6,11-13H,1-4,8-10H2,(H,21,22,24). The number of aryl methyl sites for hydroxylation is 1. The summed E-state index contributed by atoms with van der Waals surface area (Å²) in [5.74, 6) is 1.71. The van der Waals surface area contributed by atoms with Crippen LogP contribution in [0.2, 0.25) is 0 Å². The molecule has 0 aromatic carbocycles. The molecule has 0 amide bonds. The number of nitrogens with zero attached hydrogens (tertiary/aromatic N) is 7. The van der Waals surface area contributed by atoms with Crippen molar-refractivity contribution in [3.63, 3.8) is 0 Å². The van der Waals surface area contributed by atoms with E-state index in [0.29, 0.717) is 18.8 Å². The molecule has 4 heterocycles. The maximum absolute atomic E-state index is 8.76. The van der Waals surface area contributed by atoms with E-state index in [0.717, 1.165) is 35.6 Å². The molecule has 3 aromatic heterocycles. The summed E-state index contributed by atoms with van der Waals surface area (Å²) in [7, 11) is 0. The molecule has 0 aliphatic carbocycles. The highest BCUT2D eigenvalue weighted by molar-refractivity contribution is 5.88. The quantitative estimate of drug-likeness (QED) is 0.757. The normalized spacial score (nSPS) is 14.3. The van der Waals surface area contributed by atoms with Gasteiger partial charge in [0.15, 0.2) is 5.65 Å². The number of fused-ring (bicyclic) bond motifs is 1. The van der Waals surface area contributed by atoms with E-state index in [1.165, 1.54) is 25.6 Å². The Hall–Kier alpha value is -3.21. The van der Waals surface area contributed by atoms with E-state index in [1.54, 1.807) is 10.9 Å². The molecular formula is C18H20N8. The summed E-state index contributed by atoms with van der Waals surface area (Å²) < 4.78 is 1.73. The lowest BCUT2D eigenvalue weighted by Crippen LogP contribution is -2.29. The molecule has 3 aromatic rings. The molecule has 0 unspecified atom stereocenters. The molecule has 4 rings (SSSR count). The maximum Gasteiger partial charge on any atom is 0.163 e. The lowest BCUT2D eigenvalue weighted by molar-refractivity contribution is 0.573. The molecule has 0 spiro atoms. The smallest absolute Gasteiger partial charge is 0.163 e. The van der Waals surface area contributed by atoms with Crippen molar-refractivity contribution in [3.05, 3.63) is 30.9 Å². The molecule has 0 radical (unpaired) electrons. The number of hydrogen-bond acceptors (Lipinski definition) is 7. The summed E-state index contributed by atoms with van der Waals surface area (Å²) in [6, 6.07) is 6.19. The molecular weight excluding hydrogens is 328 g/mol. The van der Waals surface area contributed by atoms with Crippen LogP contribution in [0.1, 0.15) is 25.7 Å². The van der Waals surface area contributed by atoms with Crippen LogP contribution in [0.5, 0.6) is 0 Å². The van der Waals surface area contributed by atoms with Crippen molar-refractivity contribution in [3.8, 4) is 6.07 Å². The zero-order valence-corrected chi connectivity index (χ0v) is 14.5. The van der Waals surface area contributed by atoms with Crippen LogP contribution >= 0.6 is 0 Å². The Balaban J connectivity index is 1.53. The fourth-order valence-electron chi connectivity index (χ4n) is 3.22. The number of aromatic nitrogens is 5. The van der Waals surface area contributed by atoms with Crippen molar-refractivity contribution in [2.45, 2.75) is 32.2 Å². The molecule has 8 heteroatoms. The van der Waals surface area contributed by atoms with Crippen LogP contribution in [0.25, 0.3) is 11.0 Å². The third-order valence-electron chi connectivity index (χ3n) is 4.56. The lowest BCUT2D eigenvalue weighted by atomic mass is 10.1. The van der Waals surface area contributed by atoms with Crippen molar-refractivity contribution in [2.75, 3.05) is 23.3 Å². The second kappa shape index (κ2) is 7.35. The number of piperidine rings is 1. The number of nitriles is 1. The van der Waals surface area contributed by atoms with Crippen LogP contribution < -0.4 is 10.2 Å². The highest BCUT2D eigenvalue weighted by Crippen LogP contribution is 2.24. The number of pyridine rings is 1. The summed E-state index contributed by atoms with van der Waals surface area (Å²) in [6.45, 7) is 2.67. The third kappa shape index (κ3) is 3.28. The van der Waals surface area contributed by atoms with Crippen LogP contribution in [0.15, 0.2) is 30.9 Å². The SMILES string of the molecule is N#CCCn1ncc2c(Nc3ccc(N4CCCCC4)nc3)ncnc21. The fraction of sp³-hybridized carbons (Fsp3) is 0.389. The Kier molecular flexibility index (Phi) is 4.60. The average molecular weight is 348 g/mol. The van der Waals surface area contributed by atoms with E-state index < -0.39 is 0 Å². The van der Waals surface area contributed by atoms with E-state index in [9.17, 15) is 0 Å². The van der Waals surface area contributed by atoms with Crippen molar-refractivity contribution in [2.24, 2.45) is 0 Å². The minimum absolute atomic E-state index is 0.394. The zero-order chi connectivity index (χ0) is 17.8. The van der Waals surface area contributed by atoms with Gasteiger partial charge in [0, 0.05) is 13.1 Å². The molecule has 1 fully saturated rings. The molecule has 0 bridgehead atoms. The van der Waals surface area contributed by atoms with Crippen molar-refractivity contribution < 1.29 is 0 Å². The molecule has 26 heavy (non-hydrogen) atoms. The van der Waals surface area contributed by atoms with Gasteiger partial charge >= 0.3 is 0 Å². The average Bonchev–Trinajstić information content (AvgIpc) is 3.12. The minimum Gasteiger partial charge on any atom is -0.357 e. The largest absolute Gasteiger partial charge is 0.357 e. The van der Waals surface area contributed by atoms with E-state index in [2.05, 4.69) is 36.3 Å². The van der Waals surface area contributed by atoms with E-state index in [-0.39, 0.29) is 0 Å². The fourth-order valence-corrected chi connectivity index (χ4v) is 3.22. The Morgan fingerprint density at radius 2 is 1.96 bits per heavy atom. The summed E-state index contributed by atoms with van der Waals surface area (Å²) in [5, 5.41) is 17.2. The summed E-state index contributed by atoms with van der Waals surface area (Å²) >= 11 is 0. The van der Waals surface area contributed by atoms with Crippen LogP contribution in [-0.4, -0.2) is 37.8 Å². The van der Waals surface area contributed by atoms with Gasteiger partial charge in [0.05, 0.1) is 42.5 Å². The van der Waals surface area contributed by atoms with Crippen LogP contribution in [-0.2, 0) is 6.54 Å². The second-order valence-corrected chi connectivity index (χ2v) is 6.31. The lowest BCUT2D eigenvalue weighted by Gasteiger charge is -2.27. The summed E-state index contributed by atoms with van der Waals surface area (Å²) in [5.41, 5.74) is 1.59. The Morgan fingerprint density at radius 1 is 1.08 bits per heavy atom. The van der Waals surface area contributed by atoms with E-state index in [4.69, 9.17) is 5.26 Å². The van der Waals surface area contributed by atoms with Gasteiger partial charge in [-0.1, -0.05) is 0 Å². The molecule has 0 atom stereocenters. The second-order valence-electron chi connectivity index (χ2n) is 6.31. The third-order valence-corrected chi connectivity index (χ3v) is 4.56. The minimum atomic E-state index is 0.394. The summed E-state index contributed by atoms with van der Waals surface area (Å²) in [4.78, 5) is 15.5. The summed E-state index contributed by atoms with van der Waals surface area (Å²) in [6.07, 6.45) is 9.23. The van der Waals surface area contributed by atoms with Crippen molar-refractivity contribution >= 4 is 28.4 Å². The molecule has 1 aliphatic heterocycles. The molecule has 1 N–H and O–H groups in total. The predicted molar refractivity (Wildman–Crippen MR) is 99.1 cm³/mol. The van der Waals surface area contributed by atoms with Gasteiger partial charge in [-0.2, -0.15) is 10.4 Å². The number of rotatable bonds is 5. The van der Waals surface area contributed by atoms with Gasteiger partial charge < -0.3 is 10.2 Å². The number of hydrogen-bond donors (Lipinski definition) is 1. The molecule has 0 saturated carbocycles. The molecule has 8 nitrogen and oxygen atoms in total. The maximum atomic E-state index is 8.76. The monoisotopic (exact) mass is 348 g/mol. The van der Waals surface area contributed by atoms with Crippen LogP contribution in [0.3, 0.4) is 0 Å². The van der Waals surface area contributed by atoms with Gasteiger partial charge in [0.25, 0.3) is 0 Å². The predicted octanol–water partition coefficient (Wildman–Crippen LogP) is 2.87. The van der Waals surface area contributed by atoms with Gasteiger partial charge in [-0.25, -0.2) is 19.6 Å². The molecule has 1 saturated heterocycles. The topological polar surface area (TPSA) is 95.6 Å². The van der Waals surface area contributed by atoms with Crippen LogP contribution in [0.4, 0.5) is 17.3 Å². The number of nitrogens with one attached hydrogen (secondary N) is 1. The molecule has 132 valence electrons. The van der Waals surface area contributed by atoms with Gasteiger partial charge in [-0.15, -0.1) is 0 Å². The Labute approximate surface area is 151 Å². The highest BCUT2D eigenvalue weighted by Gasteiger charge is 2.13. The Morgan fingerprint density at radius 3 is 2.73 bits per heavy atom. The van der Waals surface area contributed by atoms with Crippen molar-refractivity contribution in [1.82, 2.24) is 24.7 Å².